The number of hydrogen-bond acceptors (Lipinski definition) is 2. The molecule has 0 saturated carbocycles. The first kappa shape index (κ1) is 12.7. The summed E-state index contributed by atoms with van der Waals surface area (Å²) < 4.78 is 5.65. The van der Waals surface area contributed by atoms with E-state index in [9.17, 15) is 4.79 Å². The van der Waals surface area contributed by atoms with Crippen molar-refractivity contribution in [2.24, 2.45) is 0 Å². The van der Waals surface area contributed by atoms with Crippen LogP contribution in [0.1, 0.15) is 19.3 Å². The number of allylic oxidation sites excluding steroid dienone is 3. The van der Waals surface area contributed by atoms with E-state index in [2.05, 4.69) is 33.4 Å². The summed E-state index contributed by atoms with van der Waals surface area (Å²) in [6, 6.07) is 0. The summed E-state index contributed by atoms with van der Waals surface area (Å²) >= 11 is 2.37. The molecule has 0 aromatic heterocycles. The molecule has 13 heavy (non-hydrogen) atoms. The zero-order chi connectivity index (χ0) is 9.94. The Hall–Kier alpha value is -0.320. The van der Waals surface area contributed by atoms with Gasteiger partial charge in [-0.2, -0.15) is 0 Å². The van der Waals surface area contributed by atoms with Gasteiger partial charge < -0.3 is 4.74 Å². The van der Waals surface area contributed by atoms with Crippen LogP contribution in [0.25, 0.3) is 0 Å². The van der Waals surface area contributed by atoms with E-state index in [4.69, 9.17) is 0 Å². The second-order valence-electron chi connectivity index (χ2n) is 2.50. The minimum absolute atomic E-state index is 0.308. The molecule has 0 unspecified atom stereocenters. The summed E-state index contributed by atoms with van der Waals surface area (Å²) in [6.45, 7) is 0. The summed E-state index contributed by atoms with van der Waals surface area (Å²) in [7, 11) is 1.37. The molecule has 3 heteroatoms. The van der Waals surface area contributed by atoms with Crippen molar-refractivity contribution < 1.29 is 9.53 Å². The van der Waals surface area contributed by atoms with E-state index in [-0.39, 0.29) is 5.97 Å². The number of ether oxygens (including phenoxy) is 1. The summed E-state index contributed by atoms with van der Waals surface area (Å²) in [5.74, 6) is -0.308. The summed E-state index contributed by atoms with van der Waals surface area (Å²) in [4.78, 5) is 10.6. The summed E-state index contributed by atoms with van der Waals surface area (Å²) in [5, 5.41) is 0. The number of carbonyl (C=O) groups is 1. The predicted molar refractivity (Wildman–Crippen MR) is 63.0 cm³/mol. The maximum atomic E-state index is 10.6. The van der Waals surface area contributed by atoms with Crippen LogP contribution in [0.15, 0.2) is 24.3 Å². The van der Waals surface area contributed by atoms with Crippen molar-refractivity contribution >= 4 is 28.6 Å². The highest BCUT2D eigenvalue weighted by molar-refractivity contribution is 14.1. The van der Waals surface area contributed by atoms with Gasteiger partial charge in [0.25, 0.3) is 0 Å². The fourth-order valence-electron chi connectivity index (χ4n) is 0.734. The van der Waals surface area contributed by atoms with Gasteiger partial charge in [0, 0.05) is 6.08 Å². The molecule has 0 aromatic rings. The third-order valence-electron chi connectivity index (χ3n) is 1.44. The number of unbranched alkanes of at least 4 members (excludes halogenated alkanes) is 2. The summed E-state index contributed by atoms with van der Waals surface area (Å²) in [6.07, 6.45) is 10.6. The zero-order valence-electron chi connectivity index (χ0n) is 7.83. The molecule has 0 radical (unpaired) electrons. The van der Waals surface area contributed by atoms with E-state index in [0.29, 0.717) is 0 Å². The first-order chi connectivity index (χ1) is 6.31. The largest absolute Gasteiger partial charge is 0.466 e. The van der Waals surface area contributed by atoms with Crippen LogP contribution in [-0.2, 0) is 9.53 Å². The number of esters is 1. The van der Waals surface area contributed by atoms with Gasteiger partial charge in [0.1, 0.15) is 0 Å². The lowest BCUT2D eigenvalue weighted by Gasteiger charge is -1.89. The van der Waals surface area contributed by atoms with Crippen molar-refractivity contribution in [3.63, 3.8) is 0 Å². The molecule has 0 amide bonds. The van der Waals surface area contributed by atoms with Gasteiger partial charge in [-0.05, 0) is 23.7 Å². The highest BCUT2D eigenvalue weighted by atomic mass is 127. The molecule has 74 valence electrons. The van der Waals surface area contributed by atoms with Crippen LogP contribution in [0, 0.1) is 0 Å². The molecule has 0 heterocycles. The SMILES string of the molecule is COC(=O)C=CC=CCCCCI. The van der Waals surface area contributed by atoms with Crippen molar-refractivity contribution in [3.05, 3.63) is 24.3 Å². The quantitative estimate of drug-likeness (QED) is 0.188. The topological polar surface area (TPSA) is 26.3 Å². The Labute approximate surface area is 93.2 Å². The van der Waals surface area contributed by atoms with E-state index < -0.39 is 0 Å². The lowest BCUT2D eigenvalue weighted by atomic mass is 10.2. The van der Waals surface area contributed by atoms with Gasteiger partial charge in [-0.3, -0.25) is 0 Å². The Kier molecular flexibility index (Phi) is 9.53. The highest BCUT2D eigenvalue weighted by Crippen LogP contribution is 1.99. The fraction of sp³-hybridized carbons (Fsp3) is 0.500. The van der Waals surface area contributed by atoms with Crippen molar-refractivity contribution in [3.8, 4) is 0 Å². The third-order valence-corrected chi connectivity index (χ3v) is 2.20. The van der Waals surface area contributed by atoms with E-state index >= 15 is 0 Å². The molecule has 0 rings (SSSR count). The molecular formula is C10H15IO2. The number of methoxy groups -OCH3 is 1. The standard InChI is InChI=1S/C10H15IO2/c1-13-10(12)8-6-4-2-3-5-7-9-11/h2,4,6,8H,3,5,7,9H2,1H3. The minimum Gasteiger partial charge on any atom is -0.466 e. The number of alkyl halides is 1. The fourth-order valence-corrected chi connectivity index (χ4v) is 1.27. The average molecular weight is 294 g/mol. The average Bonchev–Trinajstić information content (AvgIpc) is 2.16. The van der Waals surface area contributed by atoms with Gasteiger partial charge in [0.05, 0.1) is 7.11 Å². The first-order valence-electron chi connectivity index (χ1n) is 4.28. The Morgan fingerprint density at radius 3 is 2.77 bits per heavy atom. The van der Waals surface area contributed by atoms with E-state index in [0.717, 1.165) is 6.42 Å². The maximum absolute atomic E-state index is 10.6. The van der Waals surface area contributed by atoms with Gasteiger partial charge >= 0.3 is 5.97 Å². The van der Waals surface area contributed by atoms with Crippen LogP contribution < -0.4 is 0 Å². The van der Waals surface area contributed by atoms with Gasteiger partial charge in [-0.15, -0.1) is 0 Å². The van der Waals surface area contributed by atoms with Crippen LogP contribution >= 0.6 is 22.6 Å². The second-order valence-corrected chi connectivity index (χ2v) is 3.57. The first-order valence-corrected chi connectivity index (χ1v) is 5.81. The molecule has 0 aromatic carbocycles. The lowest BCUT2D eigenvalue weighted by molar-refractivity contribution is -0.134. The molecule has 0 saturated heterocycles. The van der Waals surface area contributed by atoms with Gasteiger partial charge in [-0.25, -0.2) is 4.79 Å². The number of carbonyl (C=O) groups excluding carboxylic acids is 1. The molecule has 0 atom stereocenters. The normalized spacial score (nSPS) is 11.2. The zero-order valence-corrected chi connectivity index (χ0v) is 9.99. The smallest absolute Gasteiger partial charge is 0.330 e. The van der Waals surface area contributed by atoms with Gasteiger partial charge in [-0.1, -0.05) is 40.8 Å². The maximum Gasteiger partial charge on any atom is 0.330 e. The number of hydrogen-bond donors (Lipinski definition) is 0. The summed E-state index contributed by atoms with van der Waals surface area (Å²) in [5.41, 5.74) is 0. The van der Waals surface area contributed by atoms with Crippen LogP contribution in [0.4, 0.5) is 0 Å². The molecular weight excluding hydrogens is 279 g/mol. The number of rotatable bonds is 6. The molecule has 0 spiro atoms. The lowest BCUT2D eigenvalue weighted by Crippen LogP contribution is -1.92. The third kappa shape index (κ3) is 9.60. The molecule has 0 aliphatic rings. The molecule has 2 nitrogen and oxygen atoms in total. The van der Waals surface area contributed by atoms with Crippen LogP contribution in [-0.4, -0.2) is 17.5 Å². The Morgan fingerprint density at radius 1 is 1.38 bits per heavy atom. The van der Waals surface area contributed by atoms with E-state index in [1.54, 1.807) is 6.08 Å². The molecule has 0 bridgehead atoms. The number of halogens is 1. The second kappa shape index (κ2) is 9.77. The van der Waals surface area contributed by atoms with E-state index in [1.165, 1.54) is 30.5 Å². The molecule has 0 aliphatic carbocycles. The van der Waals surface area contributed by atoms with Crippen molar-refractivity contribution in [1.29, 1.82) is 0 Å². The van der Waals surface area contributed by atoms with Crippen molar-refractivity contribution in [2.75, 3.05) is 11.5 Å². The van der Waals surface area contributed by atoms with Crippen LogP contribution in [0.5, 0.6) is 0 Å². The predicted octanol–water partition coefficient (Wildman–Crippen LogP) is 2.88. The van der Waals surface area contributed by atoms with Gasteiger partial charge in [0.15, 0.2) is 0 Å². The van der Waals surface area contributed by atoms with E-state index in [1.807, 2.05) is 6.08 Å². The Bertz CT molecular complexity index is 185. The molecule has 0 aliphatic heterocycles. The Morgan fingerprint density at radius 2 is 2.15 bits per heavy atom. The van der Waals surface area contributed by atoms with Gasteiger partial charge in [0.2, 0.25) is 0 Å². The Balaban J connectivity index is 3.40. The minimum atomic E-state index is -0.308. The monoisotopic (exact) mass is 294 g/mol. The van der Waals surface area contributed by atoms with Crippen LogP contribution in [0.3, 0.4) is 0 Å². The molecule has 0 N–H and O–H groups in total. The highest BCUT2D eigenvalue weighted by Gasteiger charge is 1.86. The van der Waals surface area contributed by atoms with Crippen molar-refractivity contribution in [1.82, 2.24) is 0 Å². The van der Waals surface area contributed by atoms with Crippen molar-refractivity contribution in [2.45, 2.75) is 19.3 Å². The van der Waals surface area contributed by atoms with Crippen LogP contribution in [0.2, 0.25) is 0 Å². The molecule has 0 fully saturated rings.